The fraction of sp³-hybridized carbons (Fsp3) is 0.0435. The van der Waals surface area contributed by atoms with Crippen LogP contribution in [-0.4, -0.2) is 30.1 Å². The standard InChI is InChI=1S/C23H13ClN2O6S/c24-13-6-8-14-17(10-13)25-20(26-22(14)28)11-32-23(29)12-5-7-16-19(9-12)33(30,31)18-4-2-1-3-15(18)21(16)27/h1-10H,11H2,(H,25,26,28). The van der Waals surface area contributed by atoms with Crippen LogP contribution in [0, 0.1) is 0 Å². The molecule has 0 fully saturated rings. The van der Waals surface area contributed by atoms with Gasteiger partial charge >= 0.3 is 5.97 Å². The summed E-state index contributed by atoms with van der Waals surface area (Å²) in [5.41, 5.74) is -0.0563. The predicted octanol–water partition coefficient (Wildman–Crippen LogP) is 3.31. The van der Waals surface area contributed by atoms with E-state index in [9.17, 15) is 22.8 Å². The molecule has 2 heterocycles. The van der Waals surface area contributed by atoms with Crippen molar-refractivity contribution in [1.82, 2.24) is 9.97 Å². The number of benzene rings is 3. The van der Waals surface area contributed by atoms with Crippen LogP contribution in [0.3, 0.4) is 0 Å². The maximum atomic E-state index is 13.0. The first-order valence-corrected chi connectivity index (χ1v) is 11.5. The van der Waals surface area contributed by atoms with E-state index < -0.39 is 27.1 Å². The molecule has 1 N–H and O–H groups in total. The van der Waals surface area contributed by atoms with Crippen molar-refractivity contribution >= 4 is 44.1 Å². The van der Waals surface area contributed by atoms with Crippen LogP contribution >= 0.6 is 11.6 Å². The van der Waals surface area contributed by atoms with Crippen LogP contribution < -0.4 is 5.56 Å². The molecule has 1 aromatic heterocycles. The number of nitrogens with one attached hydrogen (secondary N) is 1. The second kappa shape index (κ2) is 7.65. The maximum absolute atomic E-state index is 13.0. The molecule has 4 aromatic rings. The first-order valence-electron chi connectivity index (χ1n) is 9.64. The highest BCUT2D eigenvalue weighted by Crippen LogP contribution is 2.34. The minimum absolute atomic E-state index is 0.0114. The number of H-pyrrole nitrogens is 1. The monoisotopic (exact) mass is 480 g/mol. The zero-order chi connectivity index (χ0) is 23.3. The van der Waals surface area contributed by atoms with Crippen molar-refractivity contribution in [1.29, 1.82) is 0 Å². The van der Waals surface area contributed by atoms with Crippen LogP contribution in [0.4, 0.5) is 0 Å². The van der Waals surface area contributed by atoms with Gasteiger partial charge in [0.25, 0.3) is 5.56 Å². The Hall–Kier alpha value is -3.82. The average Bonchev–Trinajstić information content (AvgIpc) is 2.80. The molecule has 0 spiro atoms. The van der Waals surface area contributed by atoms with Crippen LogP contribution in [0.1, 0.15) is 32.1 Å². The molecule has 0 saturated carbocycles. The number of esters is 1. The number of nitrogens with zero attached hydrogens (tertiary/aromatic N) is 1. The van der Waals surface area contributed by atoms with Gasteiger partial charge in [0.1, 0.15) is 12.4 Å². The Kier molecular flexibility index (Phi) is 4.88. The second-order valence-electron chi connectivity index (χ2n) is 7.29. The van der Waals surface area contributed by atoms with Gasteiger partial charge in [-0.05, 0) is 48.5 Å². The Bertz CT molecular complexity index is 1660. The Morgan fingerprint density at radius 1 is 0.970 bits per heavy atom. The minimum Gasteiger partial charge on any atom is -0.454 e. The Morgan fingerprint density at radius 3 is 2.55 bits per heavy atom. The highest BCUT2D eigenvalue weighted by atomic mass is 35.5. The van der Waals surface area contributed by atoms with Gasteiger partial charge in [-0.25, -0.2) is 18.2 Å². The van der Waals surface area contributed by atoms with E-state index in [4.69, 9.17) is 16.3 Å². The van der Waals surface area contributed by atoms with E-state index in [0.717, 1.165) is 6.07 Å². The molecule has 0 unspecified atom stereocenters. The summed E-state index contributed by atoms with van der Waals surface area (Å²) in [6.45, 7) is -0.359. The van der Waals surface area contributed by atoms with Crippen LogP contribution in [0.15, 0.2) is 75.2 Å². The van der Waals surface area contributed by atoms with E-state index in [-0.39, 0.29) is 38.9 Å². The topological polar surface area (TPSA) is 123 Å². The van der Waals surface area contributed by atoms with Crippen molar-refractivity contribution in [2.75, 3.05) is 0 Å². The summed E-state index contributed by atoms with van der Waals surface area (Å²) in [6, 6.07) is 14.3. The van der Waals surface area contributed by atoms with Gasteiger partial charge < -0.3 is 9.72 Å². The number of ether oxygens (including phenoxy) is 1. The zero-order valence-electron chi connectivity index (χ0n) is 16.7. The number of halogens is 1. The van der Waals surface area contributed by atoms with Crippen molar-refractivity contribution in [2.45, 2.75) is 16.4 Å². The summed E-state index contributed by atoms with van der Waals surface area (Å²) in [5.74, 6) is -1.18. The van der Waals surface area contributed by atoms with Gasteiger partial charge in [-0.3, -0.25) is 9.59 Å². The van der Waals surface area contributed by atoms with Gasteiger partial charge in [-0.1, -0.05) is 23.7 Å². The van der Waals surface area contributed by atoms with E-state index in [2.05, 4.69) is 9.97 Å². The van der Waals surface area contributed by atoms with E-state index in [1.807, 2.05) is 0 Å². The zero-order valence-corrected chi connectivity index (χ0v) is 18.2. The smallest absolute Gasteiger partial charge is 0.338 e. The van der Waals surface area contributed by atoms with Crippen molar-refractivity contribution in [3.05, 3.63) is 98.6 Å². The van der Waals surface area contributed by atoms with Gasteiger partial charge in [-0.2, -0.15) is 0 Å². The molecule has 0 atom stereocenters. The van der Waals surface area contributed by atoms with Crippen LogP contribution in [0.5, 0.6) is 0 Å². The molecular formula is C23H13ClN2O6S. The normalized spacial score (nSPS) is 13.9. The third-order valence-electron chi connectivity index (χ3n) is 5.23. The second-order valence-corrected chi connectivity index (χ2v) is 9.61. The molecule has 0 aliphatic carbocycles. The molecule has 0 radical (unpaired) electrons. The lowest BCUT2D eigenvalue weighted by Gasteiger charge is -2.19. The summed E-state index contributed by atoms with van der Waals surface area (Å²) in [6.07, 6.45) is 0. The lowest BCUT2D eigenvalue weighted by atomic mass is 10.0. The summed E-state index contributed by atoms with van der Waals surface area (Å²) in [4.78, 5) is 43.9. The van der Waals surface area contributed by atoms with E-state index in [0.29, 0.717) is 15.9 Å². The first kappa shape index (κ1) is 21.0. The lowest BCUT2D eigenvalue weighted by Crippen LogP contribution is -2.21. The summed E-state index contributed by atoms with van der Waals surface area (Å²) < 4.78 is 31.3. The van der Waals surface area contributed by atoms with Gasteiger partial charge in [0.2, 0.25) is 9.84 Å². The van der Waals surface area contributed by atoms with Crippen molar-refractivity contribution in [3.63, 3.8) is 0 Å². The molecule has 0 amide bonds. The highest BCUT2D eigenvalue weighted by Gasteiger charge is 2.35. The molecule has 0 bridgehead atoms. The molecule has 1 aliphatic heterocycles. The molecule has 8 nitrogen and oxygen atoms in total. The summed E-state index contributed by atoms with van der Waals surface area (Å²) in [7, 11) is -3.99. The van der Waals surface area contributed by atoms with Crippen molar-refractivity contribution < 1.29 is 22.7 Å². The van der Waals surface area contributed by atoms with E-state index in [1.165, 1.54) is 42.5 Å². The SMILES string of the molecule is O=C(OCc1nc2cc(Cl)ccc2c(=O)[nH]1)c1ccc2c(c1)S(=O)(=O)c1ccccc1C2=O. The first-order chi connectivity index (χ1) is 15.8. The predicted molar refractivity (Wildman–Crippen MR) is 118 cm³/mol. The van der Waals surface area contributed by atoms with Gasteiger partial charge in [0.05, 0.1) is 26.3 Å². The number of sulfone groups is 1. The number of hydrogen-bond acceptors (Lipinski definition) is 7. The number of rotatable bonds is 3. The number of aromatic nitrogens is 2. The largest absolute Gasteiger partial charge is 0.454 e. The van der Waals surface area contributed by atoms with Gasteiger partial charge in [0, 0.05) is 16.1 Å². The van der Waals surface area contributed by atoms with E-state index in [1.54, 1.807) is 12.1 Å². The Balaban J connectivity index is 1.44. The fourth-order valence-electron chi connectivity index (χ4n) is 3.66. The average molecular weight is 481 g/mol. The van der Waals surface area contributed by atoms with Crippen LogP contribution in [0.2, 0.25) is 5.02 Å². The third-order valence-corrected chi connectivity index (χ3v) is 7.32. The highest BCUT2D eigenvalue weighted by molar-refractivity contribution is 7.91. The Morgan fingerprint density at radius 2 is 1.73 bits per heavy atom. The van der Waals surface area contributed by atoms with Crippen molar-refractivity contribution in [2.24, 2.45) is 0 Å². The number of carbonyl (C=O) groups excluding carboxylic acids is 2. The third kappa shape index (κ3) is 3.51. The number of aromatic amines is 1. The van der Waals surface area contributed by atoms with Crippen LogP contribution in [0.25, 0.3) is 10.9 Å². The maximum Gasteiger partial charge on any atom is 0.338 e. The lowest BCUT2D eigenvalue weighted by molar-refractivity contribution is 0.0461. The number of carbonyl (C=O) groups is 2. The Labute approximate surface area is 191 Å². The van der Waals surface area contributed by atoms with Crippen LogP contribution in [-0.2, 0) is 21.2 Å². The molecule has 5 rings (SSSR count). The van der Waals surface area contributed by atoms with Crippen molar-refractivity contribution in [3.8, 4) is 0 Å². The summed E-state index contributed by atoms with van der Waals surface area (Å²) >= 11 is 5.94. The summed E-state index contributed by atoms with van der Waals surface area (Å²) in [5, 5.41) is 0.731. The number of hydrogen-bond donors (Lipinski definition) is 1. The molecule has 1 aliphatic rings. The quantitative estimate of drug-likeness (QED) is 0.393. The molecule has 0 saturated heterocycles. The number of ketones is 1. The van der Waals surface area contributed by atoms with E-state index >= 15 is 0 Å². The van der Waals surface area contributed by atoms with Gasteiger partial charge in [-0.15, -0.1) is 0 Å². The molecule has 33 heavy (non-hydrogen) atoms. The van der Waals surface area contributed by atoms with Gasteiger partial charge in [0.15, 0.2) is 5.78 Å². The molecule has 3 aromatic carbocycles. The molecule has 164 valence electrons. The molecular weight excluding hydrogens is 468 g/mol. The number of fused-ring (bicyclic) bond motifs is 3. The molecule has 10 heteroatoms. The minimum atomic E-state index is -3.99. The fourth-order valence-corrected chi connectivity index (χ4v) is 5.50.